The molecule has 43 heavy (non-hydrogen) atoms. The van der Waals surface area contributed by atoms with Crippen molar-refractivity contribution >= 4 is 0 Å². The van der Waals surface area contributed by atoms with Gasteiger partial charge in [0.1, 0.15) is 14.1 Å². The van der Waals surface area contributed by atoms with Crippen molar-refractivity contribution in [2.75, 3.05) is 0 Å². The van der Waals surface area contributed by atoms with E-state index in [-0.39, 0.29) is 0 Å². The smallest absolute Gasteiger partial charge is 0.178 e. The van der Waals surface area contributed by atoms with Gasteiger partial charge in [-0.25, -0.2) is 9.13 Å². The summed E-state index contributed by atoms with van der Waals surface area (Å²) < 4.78 is 4.34. The Morgan fingerprint density at radius 3 is 1.09 bits per heavy atom. The molecule has 2 heterocycles. The highest BCUT2D eigenvalue weighted by Crippen LogP contribution is 2.39. The van der Waals surface area contributed by atoms with E-state index in [4.69, 9.17) is 0 Å². The number of nitrogens with zero attached hydrogens (tertiary/aromatic N) is 2. The minimum atomic E-state index is 0.524. The number of rotatable bonds is 7. The molecule has 0 aliphatic rings. The lowest BCUT2D eigenvalue weighted by atomic mass is 9.82. The van der Waals surface area contributed by atoms with E-state index in [2.05, 4.69) is 173 Å². The number of aromatic nitrogens is 2. The summed E-state index contributed by atoms with van der Waals surface area (Å²) in [6, 6.07) is 20.7. The first-order valence-electron chi connectivity index (χ1n) is 16.4. The maximum absolute atomic E-state index is 2.43. The van der Waals surface area contributed by atoms with Crippen LogP contribution in [0, 0.1) is 13.8 Å². The molecule has 0 unspecified atom stereocenters. The Bertz CT molecular complexity index is 1480. The lowest BCUT2D eigenvalue weighted by Gasteiger charge is -2.23. The fourth-order valence-corrected chi connectivity index (χ4v) is 5.85. The van der Waals surface area contributed by atoms with E-state index in [0.29, 0.717) is 29.6 Å². The maximum Gasteiger partial charge on any atom is 0.178 e. The van der Waals surface area contributed by atoms with Crippen LogP contribution >= 0.6 is 0 Å². The van der Waals surface area contributed by atoms with Crippen molar-refractivity contribution in [1.82, 2.24) is 0 Å². The van der Waals surface area contributed by atoms with Crippen LogP contribution in [0.5, 0.6) is 0 Å². The number of benzene rings is 2. The molecule has 4 aromatic rings. The summed E-state index contributed by atoms with van der Waals surface area (Å²) in [4.78, 5) is 0. The zero-order valence-electron chi connectivity index (χ0n) is 29.6. The minimum absolute atomic E-state index is 0.524. The average Bonchev–Trinajstić information content (AvgIpc) is 2.95. The zero-order valence-corrected chi connectivity index (χ0v) is 29.6. The quantitative estimate of drug-likeness (QED) is 0.193. The standard InChI is InChI=1S/C22H32N.C19H26N/c1-14(2)19-12-20(15(3)4)22(21(13-19)16(5)6)18-9-10-23(8)17(7)11-18;1-13(2)17-8-7-9-18(14(3)4)19(17)16-10-11-20(6)15(5)12-16/h9-16H,1-8H3;7-14H,1-6H3/q2*+1. The van der Waals surface area contributed by atoms with Gasteiger partial charge in [-0.15, -0.1) is 0 Å². The minimum Gasteiger partial charge on any atom is -0.205 e. The van der Waals surface area contributed by atoms with E-state index in [1.165, 1.54) is 61.5 Å². The lowest BCUT2D eigenvalue weighted by molar-refractivity contribution is -0.677. The van der Waals surface area contributed by atoms with E-state index < -0.39 is 0 Å². The van der Waals surface area contributed by atoms with E-state index in [9.17, 15) is 0 Å². The Morgan fingerprint density at radius 1 is 0.442 bits per heavy atom. The van der Waals surface area contributed by atoms with Crippen LogP contribution in [0.3, 0.4) is 0 Å². The van der Waals surface area contributed by atoms with Gasteiger partial charge in [0.15, 0.2) is 23.8 Å². The molecule has 0 aliphatic heterocycles. The Labute approximate surface area is 263 Å². The van der Waals surface area contributed by atoms with E-state index in [1.807, 2.05) is 0 Å². The highest BCUT2D eigenvalue weighted by molar-refractivity contribution is 5.74. The summed E-state index contributed by atoms with van der Waals surface area (Å²) in [5.74, 6) is 2.69. The molecular formula is C41H58N2+2. The molecule has 2 aromatic heterocycles. The molecule has 0 saturated heterocycles. The maximum atomic E-state index is 2.43. The van der Waals surface area contributed by atoms with Crippen LogP contribution in [0.2, 0.25) is 0 Å². The van der Waals surface area contributed by atoms with Crippen LogP contribution in [-0.2, 0) is 14.1 Å². The predicted molar refractivity (Wildman–Crippen MR) is 186 cm³/mol. The molecular weight excluding hydrogens is 520 g/mol. The van der Waals surface area contributed by atoms with Crippen molar-refractivity contribution in [1.29, 1.82) is 0 Å². The summed E-state index contributed by atoms with van der Waals surface area (Å²) in [6.07, 6.45) is 4.33. The van der Waals surface area contributed by atoms with Crippen LogP contribution in [-0.4, -0.2) is 0 Å². The van der Waals surface area contributed by atoms with Crippen molar-refractivity contribution in [3.63, 3.8) is 0 Å². The van der Waals surface area contributed by atoms with Gasteiger partial charge in [-0.1, -0.05) is 99.6 Å². The van der Waals surface area contributed by atoms with Gasteiger partial charge in [-0.05, 0) is 79.7 Å². The van der Waals surface area contributed by atoms with Crippen molar-refractivity contribution < 1.29 is 9.13 Å². The normalized spacial score (nSPS) is 11.6. The first-order valence-corrected chi connectivity index (χ1v) is 16.4. The van der Waals surface area contributed by atoms with E-state index >= 15 is 0 Å². The SMILES string of the molecule is Cc1cc(-c2c(C(C)C)cc(C(C)C)cc2C(C)C)cc[n+]1C.Cc1cc(-c2c(C(C)C)cccc2C(C)C)cc[n+]1C. The topological polar surface area (TPSA) is 7.76 Å². The second-order valence-corrected chi connectivity index (χ2v) is 14.0. The van der Waals surface area contributed by atoms with Crippen molar-refractivity contribution in [3.05, 3.63) is 106 Å². The molecule has 0 amide bonds. The highest BCUT2D eigenvalue weighted by Gasteiger charge is 2.20. The van der Waals surface area contributed by atoms with Gasteiger partial charge < -0.3 is 0 Å². The fraction of sp³-hybridized carbons (Fsp3) is 0.463. The van der Waals surface area contributed by atoms with Crippen molar-refractivity contribution in [2.24, 2.45) is 14.1 Å². The summed E-state index contributed by atoms with van der Waals surface area (Å²) in [7, 11) is 4.20. The molecule has 230 valence electrons. The van der Waals surface area contributed by atoms with E-state index in [1.54, 1.807) is 0 Å². The van der Waals surface area contributed by atoms with Gasteiger partial charge in [0.2, 0.25) is 0 Å². The molecule has 0 N–H and O–H groups in total. The van der Waals surface area contributed by atoms with Crippen LogP contribution in [0.15, 0.2) is 67.0 Å². The summed E-state index contributed by atoms with van der Waals surface area (Å²) in [6.45, 7) is 27.3. The van der Waals surface area contributed by atoms with Crippen LogP contribution in [0.4, 0.5) is 0 Å². The van der Waals surface area contributed by atoms with Gasteiger partial charge in [-0.2, -0.15) is 0 Å². The first kappa shape index (κ1) is 34.2. The lowest BCUT2D eigenvalue weighted by Crippen LogP contribution is -2.30. The molecule has 2 nitrogen and oxygen atoms in total. The highest BCUT2D eigenvalue weighted by atomic mass is 14.9. The van der Waals surface area contributed by atoms with Crippen LogP contribution < -0.4 is 9.13 Å². The van der Waals surface area contributed by atoms with Gasteiger partial charge in [0.05, 0.1) is 0 Å². The Kier molecular flexibility index (Phi) is 11.5. The average molecular weight is 579 g/mol. The number of hydrogen-bond donors (Lipinski definition) is 0. The Morgan fingerprint density at radius 2 is 0.791 bits per heavy atom. The van der Waals surface area contributed by atoms with E-state index in [0.717, 1.165) is 0 Å². The molecule has 0 atom stereocenters. The second kappa shape index (κ2) is 14.5. The Hall–Kier alpha value is -3.26. The van der Waals surface area contributed by atoms with Gasteiger partial charge in [-0.3, -0.25) is 0 Å². The third kappa shape index (κ3) is 8.02. The molecule has 0 bridgehead atoms. The molecule has 2 heteroatoms. The predicted octanol–water partition coefficient (Wildman–Crippen LogP) is 10.6. The molecule has 0 radical (unpaired) electrons. The number of pyridine rings is 2. The molecule has 0 spiro atoms. The molecule has 4 rings (SSSR count). The van der Waals surface area contributed by atoms with Crippen molar-refractivity contribution in [3.8, 4) is 22.3 Å². The molecule has 0 aliphatic carbocycles. The first-order chi connectivity index (χ1) is 20.1. The largest absolute Gasteiger partial charge is 0.205 e. The molecule has 0 saturated carbocycles. The number of aryl methyl sites for hydroxylation is 4. The second-order valence-electron chi connectivity index (χ2n) is 14.0. The summed E-state index contributed by atoms with van der Waals surface area (Å²) >= 11 is 0. The van der Waals surface area contributed by atoms with Gasteiger partial charge >= 0.3 is 0 Å². The molecule has 0 fully saturated rings. The fourth-order valence-electron chi connectivity index (χ4n) is 5.85. The van der Waals surface area contributed by atoms with Gasteiger partial charge in [0, 0.05) is 38.1 Å². The van der Waals surface area contributed by atoms with Crippen LogP contribution in [0.1, 0.15) is 138 Å². The third-order valence-corrected chi connectivity index (χ3v) is 8.88. The Balaban J connectivity index is 0.000000238. The summed E-state index contributed by atoms with van der Waals surface area (Å²) in [5.41, 5.74) is 15.5. The number of hydrogen-bond acceptors (Lipinski definition) is 0. The van der Waals surface area contributed by atoms with Crippen molar-refractivity contribution in [2.45, 2.75) is 113 Å². The van der Waals surface area contributed by atoms with Gasteiger partial charge in [0.25, 0.3) is 0 Å². The van der Waals surface area contributed by atoms with Crippen LogP contribution in [0.25, 0.3) is 22.3 Å². The summed E-state index contributed by atoms with van der Waals surface area (Å²) in [5, 5.41) is 0. The monoisotopic (exact) mass is 578 g/mol. The third-order valence-electron chi connectivity index (χ3n) is 8.88. The zero-order chi connectivity index (χ0) is 32.2. The molecule has 2 aromatic carbocycles.